The Morgan fingerprint density at radius 2 is 2.12 bits per heavy atom. The Labute approximate surface area is 140 Å². The van der Waals surface area contributed by atoms with Gasteiger partial charge in [-0.05, 0) is 30.4 Å². The standard InChI is InChI=1S/C17H21N5O2/c1-22-11-18-15(21-22)20-16(23)19-14-13-5-3-2-4-12(13)10-17(14)6-8-24-9-7-17/h2-5,11,14H,6-10H2,1H3,(H2,19,20,21,23)/t14-/m1/s1. The zero-order valence-corrected chi connectivity index (χ0v) is 13.7. The minimum Gasteiger partial charge on any atom is -0.381 e. The van der Waals surface area contributed by atoms with Crippen LogP contribution < -0.4 is 10.6 Å². The fraction of sp³-hybridized carbons (Fsp3) is 0.471. The van der Waals surface area contributed by atoms with Crippen LogP contribution in [-0.4, -0.2) is 34.0 Å². The summed E-state index contributed by atoms with van der Waals surface area (Å²) in [5, 5.41) is 9.96. The molecule has 1 fully saturated rings. The van der Waals surface area contributed by atoms with E-state index in [-0.39, 0.29) is 17.5 Å². The first-order valence-corrected chi connectivity index (χ1v) is 8.25. The minimum absolute atomic E-state index is 0.0127. The highest BCUT2D eigenvalue weighted by atomic mass is 16.5. The molecule has 24 heavy (non-hydrogen) atoms. The molecule has 1 spiro atoms. The number of benzene rings is 1. The molecule has 7 heteroatoms. The van der Waals surface area contributed by atoms with Crippen molar-refractivity contribution in [3.63, 3.8) is 0 Å². The minimum atomic E-state index is -0.270. The van der Waals surface area contributed by atoms with Crippen molar-refractivity contribution in [2.45, 2.75) is 25.3 Å². The molecule has 1 aromatic heterocycles. The van der Waals surface area contributed by atoms with E-state index in [9.17, 15) is 4.79 Å². The monoisotopic (exact) mass is 327 g/mol. The van der Waals surface area contributed by atoms with Crippen LogP contribution >= 0.6 is 0 Å². The second-order valence-electron chi connectivity index (χ2n) is 6.62. The molecule has 4 rings (SSSR count). The largest absolute Gasteiger partial charge is 0.381 e. The van der Waals surface area contributed by atoms with E-state index < -0.39 is 0 Å². The molecule has 7 nitrogen and oxygen atoms in total. The number of urea groups is 1. The summed E-state index contributed by atoms with van der Waals surface area (Å²) in [5.74, 6) is 0.308. The maximum absolute atomic E-state index is 12.5. The molecule has 1 aliphatic heterocycles. The van der Waals surface area contributed by atoms with Crippen LogP contribution in [-0.2, 0) is 18.2 Å². The lowest BCUT2D eigenvalue weighted by atomic mass is 9.74. The molecular formula is C17H21N5O2. The maximum atomic E-state index is 12.5. The van der Waals surface area contributed by atoms with Crippen molar-refractivity contribution >= 4 is 12.0 Å². The second-order valence-corrected chi connectivity index (χ2v) is 6.62. The molecular weight excluding hydrogens is 306 g/mol. The third-order valence-corrected chi connectivity index (χ3v) is 5.11. The average molecular weight is 327 g/mol. The van der Waals surface area contributed by atoms with Crippen LogP contribution in [0.1, 0.15) is 30.0 Å². The van der Waals surface area contributed by atoms with E-state index in [2.05, 4.69) is 38.9 Å². The van der Waals surface area contributed by atoms with Gasteiger partial charge in [0.05, 0.1) is 6.04 Å². The molecule has 0 bridgehead atoms. The van der Waals surface area contributed by atoms with Crippen molar-refractivity contribution in [1.29, 1.82) is 0 Å². The van der Waals surface area contributed by atoms with E-state index in [0.717, 1.165) is 32.5 Å². The van der Waals surface area contributed by atoms with Crippen molar-refractivity contribution in [2.24, 2.45) is 12.5 Å². The molecule has 1 aromatic carbocycles. The number of nitrogens with one attached hydrogen (secondary N) is 2. The Kier molecular flexibility index (Phi) is 3.72. The number of aryl methyl sites for hydroxylation is 1. The number of amides is 2. The molecule has 2 amide bonds. The zero-order valence-electron chi connectivity index (χ0n) is 13.7. The Bertz CT molecular complexity index is 751. The van der Waals surface area contributed by atoms with Gasteiger partial charge in [-0.3, -0.25) is 10.00 Å². The van der Waals surface area contributed by atoms with Crippen molar-refractivity contribution in [3.05, 3.63) is 41.7 Å². The number of ether oxygens (including phenoxy) is 1. The zero-order chi connectivity index (χ0) is 16.6. The predicted octanol–water partition coefficient (Wildman–Crippen LogP) is 2.03. The van der Waals surface area contributed by atoms with Crippen LogP contribution in [0.25, 0.3) is 0 Å². The summed E-state index contributed by atoms with van der Waals surface area (Å²) < 4.78 is 7.11. The van der Waals surface area contributed by atoms with Gasteiger partial charge >= 0.3 is 6.03 Å². The van der Waals surface area contributed by atoms with Crippen LogP contribution in [0.5, 0.6) is 0 Å². The van der Waals surface area contributed by atoms with Gasteiger partial charge in [-0.15, -0.1) is 5.10 Å². The predicted molar refractivity (Wildman–Crippen MR) is 88.5 cm³/mol. The molecule has 0 unspecified atom stereocenters. The van der Waals surface area contributed by atoms with E-state index in [0.29, 0.717) is 5.95 Å². The number of carbonyl (C=O) groups excluding carboxylic acids is 1. The fourth-order valence-electron chi connectivity index (χ4n) is 3.93. The van der Waals surface area contributed by atoms with Gasteiger partial charge in [-0.2, -0.15) is 0 Å². The molecule has 2 heterocycles. The molecule has 2 aromatic rings. The summed E-state index contributed by atoms with van der Waals surface area (Å²) in [5.41, 5.74) is 2.57. The maximum Gasteiger partial charge on any atom is 0.322 e. The third-order valence-electron chi connectivity index (χ3n) is 5.11. The van der Waals surface area contributed by atoms with Gasteiger partial charge in [-0.25, -0.2) is 9.78 Å². The Hall–Kier alpha value is -2.41. The highest BCUT2D eigenvalue weighted by molar-refractivity contribution is 5.87. The van der Waals surface area contributed by atoms with E-state index in [1.54, 1.807) is 18.1 Å². The lowest BCUT2D eigenvalue weighted by Gasteiger charge is -2.39. The first kappa shape index (κ1) is 15.1. The highest BCUT2D eigenvalue weighted by Gasteiger charge is 2.47. The van der Waals surface area contributed by atoms with Gasteiger partial charge in [-0.1, -0.05) is 24.3 Å². The Morgan fingerprint density at radius 3 is 2.88 bits per heavy atom. The fourth-order valence-corrected chi connectivity index (χ4v) is 3.93. The summed E-state index contributed by atoms with van der Waals surface area (Å²) >= 11 is 0. The third kappa shape index (κ3) is 2.65. The average Bonchev–Trinajstić information content (AvgIpc) is 3.10. The number of hydrogen-bond donors (Lipinski definition) is 2. The van der Waals surface area contributed by atoms with Crippen LogP contribution in [0, 0.1) is 5.41 Å². The lowest BCUT2D eigenvalue weighted by Crippen LogP contribution is -2.43. The van der Waals surface area contributed by atoms with E-state index in [1.165, 1.54) is 11.1 Å². The van der Waals surface area contributed by atoms with Crippen molar-refractivity contribution in [2.75, 3.05) is 18.5 Å². The number of fused-ring (bicyclic) bond motifs is 1. The quantitative estimate of drug-likeness (QED) is 0.884. The van der Waals surface area contributed by atoms with Crippen LogP contribution in [0.15, 0.2) is 30.6 Å². The number of rotatable bonds is 2. The molecule has 1 aliphatic carbocycles. The number of anilines is 1. The van der Waals surface area contributed by atoms with Gasteiger partial charge in [0.1, 0.15) is 6.33 Å². The van der Waals surface area contributed by atoms with Crippen LogP contribution in [0.3, 0.4) is 0 Å². The van der Waals surface area contributed by atoms with Gasteiger partial charge < -0.3 is 10.1 Å². The molecule has 2 N–H and O–H groups in total. The van der Waals surface area contributed by atoms with E-state index in [4.69, 9.17) is 4.74 Å². The Morgan fingerprint density at radius 1 is 1.33 bits per heavy atom. The summed E-state index contributed by atoms with van der Waals surface area (Å²) in [6, 6.07) is 8.08. The summed E-state index contributed by atoms with van der Waals surface area (Å²) in [6.07, 6.45) is 4.45. The number of aromatic nitrogens is 3. The van der Waals surface area contributed by atoms with Crippen molar-refractivity contribution in [3.8, 4) is 0 Å². The topological polar surface area (TPSA) is 81.1 Å². The molecule has 0 radical (unpaired) electrons. The molecule has 2 aliphatic rings. The van der Waals surface area contributed by atoms with Crippen LogP contribution in [0.4, 0.5) is 10.7 Å². The Balaban J connectivity index is 1.57. The molecule has 1 atom stereocenters. The summed E-state index contributed by atoms with van der Waals surface area (Å²) in [4.78, 5) is 16.5. The van der Waals surface area contributed by atoms with Gasteiger partial charge in [0.15, 0.2) is 0 Å². The highest BCUT2D eigenvalue weighted by Crippen LogP contribution is 2.51. The second kappa shape index (κ2) is 5.90. The van der Waals surface area contributed by atoms with Gasteiger partial charge in [0.25, 0.3) is 0 Å². The van der Waals surface area contributed by atoms with Gasteiger partial charge in [0, 0.05) is 25.7 Å². The number of carbonyl (C=O) groups is 1. The smallest absolute Gasteiger partial charge is 0.322 e. The van der Waals surface area contributed by atoms with Crippen molar-refractivity contribution < 1.29 is 9.53 Å². The van der Waals surface area contributed by atoms with Crippen molar-refractivity contribution in [1.82, 2.24) is 20.1 Å². The van der Waals surface area contributed by atoms with Gasteiger partial charge in [0.2, 0.25) is 5.95 Å². The van der Waals surface area contributed by atoms with Crippen LogP contribution in [0.2, 0.25) is 0 Å². The summed E-state index contributed by atoms with van der Waals surface area (Å²) in [6.45, 7) is 1.49. The molecule has 1 saturated heterocycles. The first-order valence-electron chi connectivity index (χ1n) is 8.25. The first-order chi connectivity index (χ1) is 11.7. The SMILES string of the molecule is Cn1cnc(NC(=O)N[C@@H]2c3ccccc3CC23CCOCC3)n1. The number of nitrogens with zero attached hydrogens (tertiary/aromatic N) is 3. The molecule has 0 saturated carbocycles. The van der Waals surface area contributed by atoms with E-state index >= 15 is 0 Å². The number of hydrogen-bond acceptors (Lipinski definition) is 4. The van der Waals surface area contributed by atoms with E-state index in [1.807, 2.05) is 6.07 Å². The normalized spacial score (nSPS) is 21.5. The molecule has 126 valence electrons. The summed E-state index contributed by atoms with van der Waals surface area (Å²) in [7, 11) is 1.76. The lowest BCUT2D eigenvalue weighted by molar-refractivity contribution is 0.00245.